The summed E-state index contributed by atoms with van der Waals surface area (Å²) in [7, 11) is 0. The van der Waals surface area contributed by atoms with Gasteiger partial charge in [0.2, 0.25) is 0 Å². The molecule has 0 saturated carbocycles. The number of carbonyl (C=O) groups is 1. The first kappa shape index (κ1) is 7.50. The molecule has 0 aromatic carbocycles. The third-order valence-corrected chi connectivity index (χ3v) is 1.71. The van der Waals surface area contributed by atoms with Crippen LogP contribution in [0, 0.1) is 5.92 Å². The van der Waals surface area contributed by atoms with Gasteiger partial charge in [-0.05, 0) is 6.92 Å². The van der Waals surface area contributed by atoms with E-state index in [4.69, 9.17) is 10.2 Å². The lowest BCUT2D eigenvalue weighted by atomic mass is 10.0. The van der Waals surface area contributed by atoms with Crippen molar-refractivity contribution < 1.29 is 19.7 Å². The Kier molecular flexibility index (Phi) is 1.92. The highest BCUT2D eigenvalue weighted by molar-refractivity contribution is 5.75. The van der Waals surface area contributed by atoms with E-state index in [1.54, 1.807) is 6.92 Å². The van der Waals surface area contributed by atoms with Crippen molar-refractivity contribution in [2.45, 2.75) is 19.1 Å². The van der Waals surface area contributed by atoms with Gasteiger partial charge in [0.1, 0.15) is 6.10 Å². The molecule has 1 aliphatic rings. The number of hydrogen-bond acceptors (Lipinski definition) is 4. The van der Waals surface area contributed by atoms with Crippen LogP contribution >= 0.6 is 0 Å². The first-order valence-corrected chi connectivity index (χ1v) is 3.16. The van der Waals surface area contributed by atoms with Crippen LogP contribution in [0.5, 0.6) is 0 Å². The second kappa shape index (κ2) is 2.56. The zero-order valence-electron chi connectivity index (χ0n) is 5.65. The van der Waals surface area contributed by atoms with Gasteiger partial charge in [-0.15, -0.1) is 0 Å². The Balaban J connectivity index is 2.61. The van der Waals surface area contributed by atoms with E-state index in [-0.39, 0.29) is 6.61 Å². The number of rotatable bonds is 1. The molecule has 1 unspecified atom stereocenters. The number of esters is 1. The van der Waals surface area contributed by atoms with Crippen molar-refractivity contribution in [3.8, 4) is 0 Å². The van der Waals surface area contributed by atoms with Gasteiger partial charge in [0, 0.05) is 0 Å². The molecule has 1 fully saturated rings. The van der Waals surface area contributed by atoms with Gasteiger partial charge < -0.3 is 14.9 Å². The first-order valence-electron chi connectivity index (χ1n) is 3.16. The molecular weight excluding hydrogens is 136 g/mol. The maximum Gasteiger partial charge on any atom is 0.311 e. The van der Waals surface area contributed by atoms with E-state index in [2.05, 4.69) is 4.74 Å². The van der Waals surface area contributed by atoms with Crippen molar-refractivity contribution in [3.05, 3.63) is 0 Å². The predicted octanol–water partition coefficient (Wildman–Crippen LogP) is -1.10. The van der Waals surface area contributed by atoms with Crippen molar-refractivity contribution in [2.75, 3.05) is 6.61 Å². The molecule has 0 aromatic heterocycles. The number of cyclic esters (lactones) is 1. The lowest BCUT2D eigenvalue weighted by Gasteiger charge is -2.09. The van der Waals surface area contributed by atoms with Crippen LogP contribution in [0.3, 0.4) is 0 Å². The van der Waals surface area contributed by atoms with E-state index >= 15 is 0 Å². The fourth-order valence-electron chi connectivity index (χ4n) is 0.933. The Labute approximate surface area is 58.4 Å². The maximum absolute atomic E-state index is 10.7. The van der Waals surface area contributed by atoms with Crippen molar-refractivity contribution >= 4 is 5.97 Å². The van der Waals surface area contributed by atoms with Crippen LogP contribution in [0.4, 0.5) is 0 Å². The summed E-state index contributed by atoms with van der Waals surface area (Å²) in [5.41, 5.74) is 0. The molecule has 0 amide bonds. The highest BCUT2D eigenvalue weighted by atomic mass is 16.6. The molecule has 4 heteroatoms. The fourth-order valence-corrected chi connectivity index (χ4v) is 0.933. The minimum atomic E-state index is -0.850. The minimum Gasteiger partial charge on any atom is -0.457 e. The van der Waals surface area contributed by atoms with E-state index in [0.717, 1.165) is 0 Å². The highest BCUT2D eigenvalue weighted by Gasteiger charge is 2.39. The zero-order chi connectivity index (χ0) is 7.72. The summed E-state index contributed by atoms with van der Waals surface area (Å²) in [6, 6.07) is 0. The Morgan fingerprint density at radius 2 is 2.30 bits per heavy atom. The quantitative estimate of drug-likeness (QED) is 0.461. The molecule has 58 valence electrons. The molecule has 0 spiro atoms. The minimum absolute atomic E-state index is 0.308. The molecule has 1 rings (SSSR count). The number of aliphatic hydroxyl groups excluding tert-OH is 2. The van der Waals surface area contributed by atoms with Gasteiger partial charge in [-0.25, -0.2) is 0 Å². The normalized spacial score (nSPS) is 39.9. The Bertz CT molecular complexity index is 145. The van der Waals surface area contributed by atoms with E-state index in [1.165, 1.54) is 0 Å². The third-order valence-electron chi connectivity index (χ3n) is 1.71. The zero-order valence-corrected chi connectivity index (χ0v) is 5.65. The number of carbonyl (C=O) groups excluding carboxylic acids is 1. The van der Waals surface area contributed by atoms with Gasteiger partial charge in [-0.3, -0.25) is 4.79 Å². The molecule has 0 aromatic rings. The van der Waals surface area contributed by atoms with Gasteiger partial charge in [-0.2, -0.15) is 0 Å². The summed E-state index contributed by atoms with van der Waals surface area (Å²) >= 11 is 0. The van der Waals surface area contributed by atoms with E-state index in [9.17, 15) is 4.79 Å². The Morgan fingerprint density at radius 1 is 1.70 bits per heavy atom. The summed E-state index contributed by atoms with van der Waals surface area (Å²) in [6.07, 6.45) is -1.57. The van der Waals surface area contributed by atoms with Crippen LogP contribution < -0.4 is 0 Å². The van der Waals surface area contributed by atoms with Gasteiger partial charge in [0.05, 0.1) is 12.5 Å². The van der Waals surface area contributed by atoms with Crippen LogP contribution in [0.2, 0.25) is 0 Å². The van der Waals surface area contributed by atoms with Crippen molar-refractivity contribution in [2.24, 2.45) is 5.92 Å². The monoisotopic (exact) mass is 146 g/mol. The molecule has 10 heavy (non-hydrogen) atoms. The molecular formula is C6H10O4. The highest BCUT2D eigenvalue weighted by Crippen LogP contribution is 2.20. The molecule has 1 heterocycles. The Hall–Kier alpha value is -0.610. The largest absolute Gasteiger partial charge is 0.457 e. The molecule has 1 aliphatic heterocycles. The standard InChI is InChI=1S/C6H10O4/c1-3-5(8)4(2-7)10-6(3)9/h3-5,7-8H,2H2,1H3/t3-,4?,5+/m0/s1. The van der Waals surface area contributed by atoms with Gasteiger partial charge in [0.25, 0.3) is 0 Å². The predicted molar refractivity (Wildman–Crippen MR) is 32.1 cm³/mol. The summed E-state index contributed by atoms with van der Waals surface area (Å²) in [4.78, 5) is 10.7. The second-order valence-electron chi connectivity index (χ2n) is 2.44. The van der Waals surface area contributed by atoms with Crippen LogP contribution in [0.25, 0.3) is 0 Å². The molecule has 3 atom stereocenters. The van der Waals surface area contributed by atoms with Crippen LogP contribution in [-0.2, 0) is 9.53 Å². The summed E-state index contributed by atoms with van der Waals surface area (Å²) in [5, 5.41) is 17.7. The van der Waals surface area contributed by atoms with Gasteiger partial charge in [0.15, 0.2) is 6.10 Å². The SMILES string of the molecule is C[C@@H]1C(=O)OC(CO)[C@@H]1O. The number of ether oxygens (including phenoxy) is 1. The van der Waals surface area contributed by atoms with E-state index in [1.807, 2.05) is 0 Å². The van der Waals surface area contributed by atoms with Gasteiger partial charge >= 0.3 is 5.97 Å². The van der Waals surface area contributed by atoms with Crippen molar-refractivity contribution in [1.29, 1.82) is 0 Å². The average molecular weight is 146 g/mol. The van der Waals surface area contributed by atoms with Crippen LogP contribution in [0.15, 0.2) is 0 Å². The first-order chi connectivity index (χ1) is 4.66. The summed E-state index contributed by atoms with van der Waals surface area (Å²) in [6.45, 7) is 1.26. The maximum atomic E-state index is 10.7. The lowest BCUT2D eigenvalue weighted by Crippen LogP contribution is -2.27. The molecule has 0 bridgehead atoms. The number of aliphatic hydroxyl groups is 2. The smallest absolute Gasteiger partial charge is 0.311 e. The summed E-state index contributed by atoms with van der Waals surface area (Å²) in [5.74, 6) is -0.941. The Morgan fingerprint density at radius 3 is 2.50 bits per heavy atom. The van der Waals surface area contributed by atoms with Crippen LogP contribution in [0.1, 0.15) is 6.92 Å². The third kappa shape index (κ3) is 0.998. The second-order valence-corrected chi connectivity index (χ2v) is 2.44. The van der Waals surface area contributed by atoms with E-state index in [0.29, 0.717) is 0 Å². The van der Waals surface area contributed by atoms with Crippen molar-refractivity contribution in [1.82, 2.24) is 0 Å². The lowest BCUT2D eigenvalue weighted by molar-refractivity contribution is -0.145. The van der Waals surface area contributed by atoms with Gasteiger partial charge in [-0.1, -0.05) is 0 Å². The molecule has 4 nitrogen and oxygen atoms in total. The fraction of sp³-hybridized carbons (Fsp3) is 0.833. The molecule has 1 saturated heterocycles. The summed E-state index contributed by atoms with van der Waals surface area (Å²) < 4.78 is 4.60. The number of hydrogen-bond donors (Lipinski definition) is 2. The molecule has 0 aliphatic carbocycles. The van der Waals surface area contributed by atoms with Crippen molar-refractivity contribution in [3.63, 3.8) is 0 Å². The average Bonchev–Trinajstić information content (AvgIpc) is 2.17. The molecule has 0 radical (unpaired) electrons. The van der Waals surface area contributed by atoms with Crippen LogP contribution in [-0.4, -0.2) is 35.0 Å². The molecule has 2 N–H and O–H groups in total. The topological polar surface area (TPSA) is 66.8 Å². The van der Waals surface area contributed by atoms with E-state index < -0.39 is 24.1 Å².